The summed E-state index contributed by atoms with van der Waals surface area (Å²) in [6.45, 7) is 3.23. The summed E-state index contributed by atoms with van der Waals surface area (Å²) in [6.07, 6.45) is 15.5. The van der Waals surface area contributed by atoms with E-state index < -0.39 is 0 Å². The van der Waals surface area contributed by atoms with Crippen molar-refractivity contribution in [3.8, 4) is 18.1 Å². The molecule has 0 bridgehead atoms. The van der Waals surface area contributed by atoms with Crippen LogP contribution >= 0.6 is 15.9 Å². The van der Waals surface area contributed by atoms with Gasteiger partial charge in [0.2, 0.25) is 0 Å². The Morgan fingerprint density at radius 3 is 2.82 bits per heavy atom. The number of ether oxygens (including phenoxy) is 2. The van der Waals surface area contributed by atoms with Gasteiger partial charge in [-0.05, 0) is 92.4 Å². The van der Waals surface area contributed by atoms with Crippen LogP contribution in [0.4, 0.5) is 0 Å². The highest BCUT2D eigenvalue weighted by Crippen LogP contribution is 2.65. The van der Waals surface area contributed by atoms with E-state index in [1.54, 1.807) is 12.7 Å². The van der Waals surface area contributed by atoms with E-state index in [9.17, 15) is 0 Å². The Kier molecular flexibility index (Phi) is 5.83. The second-order valence-corrected chi connectivity index (χ2v) is 9.98. The molecule has 2 nitrogen and oxygen atoms in total. The largest absolute Gasteiger partial charge is 0.497 e. The average molecular weight is 445 g/mol. The maximum absolute atomic E-state index is 6.52. The molecule has 0 heterocycles. The van der Waals surface area contributed by atoms with E-state index in [2.05, 4.69) is 47.0 Å². The van der Waals surface area contributed by atoms with Crippen LogP contribution in [0.2, 0.25) is 0 Å². The molecule has 5 atom stereocenters. The SMILES string of the molecule is C#CC1(OCCCCBr)CC[C@H]2[C@@H]3CCc4cc(OC)ccc4[C@H]3CC[C@@]21C. The first-order valence-corrected chi connectivity index (χ1v) is 12.1. The van der Waals surface area contributed by atoms with Crippen molar-refractivity contribution < 1.29 is 9.47 Å². The zero-order chi connectivity index (χ0) is 19.8. The van der Waals surface area contributed by atoms with Crippen LogP contribution in [-0.2, 0) is 11.2 Å². The van der Waals surface area contributed by atoms with Crippen molar-refractivity contribution in [1.29, 1.82) is 0 Å². The lowest BCUT2D eigenvalue weighted by atomic mass is 9.53. The third-order valence-corrected chi connectivity index (χ3v) is 8.72. The maximum atomic E-state index is 6.52. The molecule has 0 N–H and O–H groups in total. The van der Waals surface area contributed by atoms with Crippen molar-refractivity contribution in [2.75, 3.05) is 19.0 Å². The number of rotatable bonds is 6. The lowest BCUT2D eigenvalue weighted by Crippen LogP contribution is -2.51. The summed E-state index contributed by atoms with van der Waals surface area (Å²) in [5.41, 5.74) is 2.81. The van der Waals surface area contributed by atoms with Crippen LogP contribution in [0, 0.1) is 29.6 Å². The number of fused-ring (bicyclic) bond motifs is 5. The number of aryl methyl sites for hydroxylation is 1. The number of hydrogen-bond acceptors (Lipinski definition) is 2. The summed E-state index contributed by atoms with van der Waals surface area (Å²) in [6, 6.07) is 6.73. The molecule has 3 aliphatic carbocycles. The normalized spacial score (nSPS) is 36.1. The first kappa shape index (κ1) is 20.3. The van der Waals surface area contributed by atoms with Gasteiger partial charge in [0.15, 0.2) is 0 Å². The van der Waals surface area contributed by atoms with Crippen LogP contribution in [-0.4, -0.2) is 24.6 Å². The van der Waals surface area contributed by atoms with Crippen LogP contribution in [0.5, 0.6) is 5.75 Å². The minimum absolute atomic E-state index is 0.112. The van der Waals surface area contributed by atoms with Crippen LogP contribution in [0.3, 0.4) is 0 Å². The summed E-state index contributed by atoms with van der Waals surface area (Å²) >= 11 is 3.52. The molecule has 3 aliphatic rings. The molecule has 0 amide bonds. The number of benzene rings is 1. The van der Waals surface area contributed by atoms with Gasteiger partial charge in [-0.1, -0.05) is 34.8 Å². The predicted octanol–water partition coefficient (Wildman–Crippen LogP) is 6.12. The van der Waals surface area contributed by atoms with Crippen LogP contribution < -0.4 is 4.74 Å². The van der Waals surface area contributed by atoms with E-state index in [4.69, 9.17) is 15.9 Å². The van der Waals surface area contributed by atoms with Crippen LogP contribution in [0.1, 0.15) is 68.9 Å². The highest BCUT2D eigenvalue weighted by Gasteiger charge is 2.62. The smallest absolute Gasteiger partial charge is 0.133 e. The monoisotopic (exact) mass is 444 g/mol. The fraction of sp³-hybridized carbons (Fsp3) is 0.680. The summed E-state index contributed by atoms with van der Waals surface area (Å²) in [4.78, 5) is 0. The van der Waals surface area contributed by atoms with Gasteiger partial charge in [0.25, 0.3) is 0 Å². The van der Waals surface area contributed by atoms with Gasteiger partial charge in [-0.2, -0.15) is 0 Å². The van der Waals surface area contributed by atoms with Crippen molar-refractivity contribution >= 4 is 15.9 Å². The van der Waals surface area contributed by atoms with Crippen molar-refractivity contribution in [3.63, 3.8) is 0 Å². The Bertz CT molecular complexity index is 753. The van der Waals surface area contributed by atoms with E-state index in [-0.39, 0.29) is 11.0 Å². The van der Waals surface area contributed by atoms with Gasteiger partial charge in [-0.15, -0.1) is 6.42 Å². The van der Waals surface area contributed by atoms with Gasteiger partial charge in [0.05, 0.1) is 7.11 Å². The molecule has 0 spiro atoms. The molecule has 28 heavy (non-hydrogen) atoms. The quantitative estimate of drug-likeness (QED) is 0.299. The maximum Gasteiger partial charge on any atom is 0.133 e. The second kappa shape index (κ2) is 8.04. The molecule has 1 unspecified atom stereocenters. The Morgan fingerprint density at radius 2 is 2.07 bits per heavy atom. The van der Waals surface area contributed by atoms with E-state index in [1.807, 2.05) is 0 Å². The number of alkyl halides is 1. The molecular formula is C25H33BrO2. The Balaban J connectivity index is 1.57. The Morgan fingerprint density at radius 1 is 1.21 bits per heavy atom. The first-order chi connectivity index (χ1) is 13.6. The van der Waals surface area contributed by atoms with Crippen LogP contribution in [0.25, 0.3) is 0 Å². The van der Waals surface area contributed by atoms with Crippen molar-refractivity contribution in [1.82, 2.24) is 0 Å². The van der Waals surface area contributed by atoms with E-state index in [1.165, 1.54) is 31.2 Å². The van der Waals surface area contributed by atoms with Gasteiger partial charge in [-0.3, -0.25) is 0 Å². The molecule has 0 saturated heterocycles. The molecular weight excluding hydrogens is 412 g/mol. The van der Waals surface area contributed by atoms with Gasteiger partial charge in [-0.25, -0.2) is 0 Å². The molecule has 1 aromatic rings. The third kappa shape index (κ3) is 3.12. The fourth-order valence-electron chi connectivity index (χ4n) is 6.64. The first-order valence-electron chi connectivity index (χ1n) is 10.9. The van der Waals surface area contributed by atoms with Gasteiger partial charge < -0.3 is 9.47 Å². The fourth-order valence-corrected chi connectivity index (χ4v) is 7.04. The summed E-state index contributed by atoms with van der Waals surface area (Å²) in [5.74, 6) is 6.25. The molecule has 2 fully saturated rings. The molecule has 152 valence electrons. The number of terminal acetylenes is 1. The molecule has 4 rings (SSSR count). The van der Waals surface area contributed by atoms with E-state index in [0.29, 0.717) is 11.8 Å². The van der Waals surface area contributed by atoms with Crippen molar-refractivity contribution in [3.05, 3.63) is 29.3 Å². The molecule has 0 aliphatic heterocycles. The Labute approximate surface area is 178 Å². The lowest BCUT2D eigenvalue weighted by Gasteiger charge is -2.53. The number of halogens is 1. The minimum Gasteiger partial charge on any atom is -0.497 e. The Hall–Kier alpha value is -0.980. The minimum atomic E-state index is -0.366. The van der Waals surface area contributed by atoms with Crippen LogP contribution in [0.15, 0.2) is 18.2 Å². The summed E-state index contributed by atoms with van der Waals surface area (Å²) < 4.78 is 12.0. The zero-order valence-corrected chi connectivity index (χ0v) is 18.9. The summed E-state index contributed by atoms with van der Waals surface area (Å²) in [5, 5.41) is 1.03. The van der Waals surface area contributed by atoms with Crippen molar-refractivity contribution in [2.24, 2.45) is 17.3 Å². The molecule has 1 aromatic carbocycles. The number of hydrogen-bond donors (Lipinski definition) is 0. The number of methoxy groups -OCH3 is 1. The third-order valence-electron chi connectivity index (χ3n) is 8.16. The number of unbranched alkanes of at least 4 members (excludes halogenated alkanes) is 1. The molecule has 0 aromatic heterocycles. The summed E-state index contributed by atoms with van der Waals surface area (Å²) in [7, 11) is 1.76. The van der Waals surface area contributed by atoms with Gasteiger partial charge >= 0.3 is 0 Å². The second-order valence-electron chi connectivity index (χ2n) is 9.19. The predicted molar refractivity (Wildman–Crippen MR) is 118 cm³/mol. The van der Waals surface area contributed by atoms with Gasteiger partial charge in [0.1, 0.15) is 11.4 Å². The molecule has 0 radical (unpaired) electrons. The molecule has 2 saturated carbocycles. The van der Waals surface area contributed by atoms with Gasteiger partial charge in [0, 0.05) is 17.4 Å². The van der Waals surface area contributed by atoms with Crippen molar-refractivity contribution in [2.45, 2.75) is 69.8 Å². The highest BCUT2D eigenvalue weighted by atomic mass is 79.9. The zero-order valence-electron chi connectivity index (χ0n) is 17.3. The lowest BCUT2D eigenvalue weighted by molar-refractivity contribution is -0.109. The highest BCUT2D eigenvalue weighted by molar-refractivity contribution is 9.09. The molecule has 3 heteroatoms. The van der Waals surface area contributed by atoms with E-state index in [0.717, 1.165) is 49.3 Å². The van der Waals surface area contributed by atoms with E-state index >= 15 is 0 Å². The average Bonchev–Trinajstić information content (AvgIpc) is 3.03. The topological polar surface area (TPSA) is 18.5 Å². The standard InChI is InChI=1S/C25H33BrO2/c1-4-25(28-16-6-5-15-26)14-12-23-22-9-7-18-17-19(27-3)8-10-20(18)21(22)11-13-24(23,25)2/h1,8,10,17,21-23H,5-7,9,11-16H2,2-3H3/t21-,22-,23+,24+,25?/m1/s1.